The van der Waals surface area contributed by atoms with E-state index in [-0.39, 0.29) is 12.5 Å². The zero-order chi connectivity index (χ0) is 17.8. The lowest BCUT2D eigenvalue weighted by molar-refractivity contribution is -0.149. The van der Waals surface area contributed by atoms with Crippen LogP contribution < -0.4 is 0 Å². The number of aromatic nitrogens is 2. The van der Waals surface area contributed by atoms with Crippen molar-refractivity contribution in [1.29, 1.82) is 0 Å². The van der Waals surface area contributed by atoms with Gasteiger partial charge in [-0.1, -0.05) is 6.08 Å². The van der Waals surface area contributed by atoms with Crippen LogP contribution in [-0.4, -0.2) is 62.7 Å². The van der Waals surface area contributed by atoms with E-state index in [1.807, 2.05) is 17.9 Å². The number of carbonyl (C=O) groups excluding carboxylic acids is 1. The zero-order valence-corrected chi connectivity index (χ0v) is 14.5. The lowest BCUT2D eigenvalue weighted by atomic mass is 9.81. The Balaban J connectivity index is 1.55. The molecule has 3 aliphatic rings. The monoisotopic (exact) mass is 344 g/mol. The Hall–Kier alpha value is -2.15. The molecule has 2 aliphatic heterocycles. The van der Waals surface area contributed by atoms with Crippen molar-refractivity contribution in [3.05, 3.63) is 30.1 Å². The summed E-state index contributed by atoms with van der Waals surface area (Å²) in [6.07, 6.45) is 5.94. The third kappa shape index (κ3) is 2.49. The van der Waals surface area contributed by atoms with Gasteiger partial charge in [-0.25, -0.2) is 0 Å². The van der Waals surface area contributed by atoms with Gasteiger partial charge >= 0.3 is 5.97 Å². The van der Waals surface area contributed by atoms with Gasteiger partial charge in [-0.2, -0.15) is 5.10 Å². The summed E-state index contributed by atoms with van der Waals surface area (Å²) in [4.78, 5) is 28.4. The van der Waals surface area contributed by atoms with E-state index < -0.39 is 17.3 Å². The molecule has 3 fully saturated rings. The van der Waals surface area contributed by atoms with Crippen LogP contribution in [0.1, 0.15) is 30.0 Å². The molecule has 0 spiro atoms. The Morgan fingerprint density at radius 2 is 2.24 bits per heavy atom. The fourth-order valence-corrected chi connectivity index (χ4v) is 4.57. The van der Waals surface area contributed by atoms with Gasteiger partial charge in [0, 0.05) is 56.9 Å². The molecule has 2 atom stereocenters. The standard InChI is InChI=1S/C18H24N4O3/c1-3-6-22-11-18(17(24)25)10-21(9-14(18)16(22)23)8-13-7-19-20(2)15(13)12-4-5-12/h3,7,12,14H,1,4-6,8-11H2,2H3,(H,24,25)/t14-,18-/m0/s1. The molecule has 1 aromatic rings. The summed E-state index contributed by atoms with van der Waals surface area (Å²) >= 11 is 0. The molecule has 7 heteroatoms. The lowest BCUT2D eigenvalue weighted by Gasteiger charge is -2.24. The maximum absolute atomic E-state index is 12.6. The number of hydrogen-bond donors (Lipinski definition) is 1. The fourth-order valence-electron chi connectivity index (χ4n) is 4.57. The Morgan fingerprint density at radius 1 is 1.48 bits per heavy atom. The van der Waals surface area contributed by atoms with Crippen LogP contribution in [-0.2, 0) is 23.2 Å². The summed E-state index contributed by atoms with van der Waals surface area (Å²) in [6, 6.07) is 0. The largest absolute Gasteiger partial charge is 0.481 e. The van der Waals surface area contributed by atoms with Crippen molar-refractivity contribution >= 4 is 11.9 Å². The summed E-state index contributed by atoms with van der Waals surface area (Å²) in [7, 11) is 1.96. The Bertz CT molecular complexity index is 739. The van der Waals surface area contributed by atoms with E-state index in [1.54, 1.807) is 11.0 Å². The first-order chi connectivity index (χ1) is 12.0. The number of carboxylic acid groups (broad SMARTS) is 1. The van der Waals surface area contributed by atoms with Gasteiger partial charge in [-0.15, -0.1) is 6.58 Å². The minimum absolute atomic E-state index is 0.0570. The van der Waals surface area contributed by atoms with Crippen molar-refractivity contribution in [1.82, 2.24) is 19.6 Å². The molecule has 1 saturated carbocycles. The van der Waals surface area contributed by atoms with E-state index in [1.165, 1.54) is 24.1 Å². The minimum Gasteiger partial charge on any atom is -0.481 e. The van der Waals surface area contributed by atoms with Crippen LogP contribution >= 0.6 is 0 Å². The molecular formula is C18H24N4O3. The highest BCUT2D eigenvalue weighted by atomic mass is 16.4. The number of carbonyl (C=O) groups is 2. The molecule has 1 N–H and O–H groups in total. The van der Waals surface area contributed by atoms with Gasteiger partial charge in [0.25, 0.3) is 0 Å². The molecular weight excluding hydrogens is 320 g/mol. The van der Waals surface area contributed by atoms with Crippen LogP contribution in [0.5, 0.6) is 0 Å². The number of hydrogen-bond acceptors (Lipinski definition) is 4. The maximum atomic E-state index is 12.6. The highest BCUT2D eigenvalue weighted by Gasteiger charge is 2.61. The second-order valence-electron chi connectivity index (χ2n) is 7.64. The molecule has 0 radical (unpaired) electrons. The zero-order valence-electron chi connectivity index (χ0n) is 14.5. The SMILES string of the molecule is C=CCN1C[C@@]2(C(=O)O)CN(Cc3cnn(C)c3C3CC3)C[C@H]2C1=O. The summed E-state index contributed by atoms with van der Waals surface area (Å²) in [5, 5.41) is 14.3. The highest BCUT2D eigenvalue weighted by molar-refractivity contribution is 5.92. The predicted molar refractivity (Wildman–Crippen MR) is 90.8 cm³/mol. The molecule has 7 nitrogen and oxygen atoms in total. The van der Waals surface area contributed by atoms with Gasteiger partial charge in [-0.3, -0.25) is 19.2 Å². The number of amides is 1. The average Bonchev–Trinajstić information content (AvgIpc) is 3.16. The van der Waals surface area contributed by atoms with Crippen molar-refractivity contribution in [2.45, 2.75) is 25.3 Å². The number of fused-ring (bicyclic) bond motifs is 1. The van der Waals surface area contributed by atoms with Crippen LogP contribution in [0, 0.1) is 11.3 Å². The van der Waals surface area contributed by atoms with Crippen molar-refractivity contribution in [2.24, 2.45) is 18.4 Å². The quantitative estimate of drug-likeness (QED) is 0.774. The molecule has 0 unspecified atom stereocenters. The van der Waals surface area contributed by atoms with Crippen LogP contribution in [0.25, 0.3) is 0 Å². The van der Waals surface area contributed by atoms with Crippen LogP contribution in [0.4, 0.5) is 0 Å². The van der Waals surface area contributed by atoms with E-state index in [4.69, 9.17) is 0 Å². The molecule has 25 heavy (non-hydrogen) atoms. The summed E-state index contributed by atoms with van der Waals surface area (Å²) in [5.74, 6) is -0.805. The van der Waals surface area contributed by atoms with E-state index >= 15 is 0 Å². The molecule has 3 heterocycles. The molecule has 0 bridgehead atoms. The van der Waals surface area contributed by atoms with Gasteiger partial charge in [0.15, 0.2) is 0 Å². The van der Waals surface area contributed by atoms with Crippen molar-refractivity contribution in [3.63, 3.8) is 0 Å². The summed E-state index contributed by atoms with van der Waals surface area (Å²) in [6.45, 7) is 5.93. The second-order valence-corrected chi connectivity index (χ2v) is 7.64. The third-order valence-corrected chi connectivity index (χ3v) is 5.89. The molecule has 1 amide bonds. The highest BCUT2D eigenvalue weighted by Crippen LogP contribution is 2.45. The van der Waals surface area contributed by atoms with Gasteiger partial charge in [-0.05, 0) is 12.8 Å². The Kier molecular flexibility index (Phi) is 3.72. The minimum atomic E-state index is -0.998. The predicted octanol–water partition coefficient (Wildman–Crippen LogP) is 0.828. The number of nitrogens with zero attached hydrogens (tertiary/aromatic N) is 4. The number of likely N-dealkylation sites (tertiary alicyclic amines) is 2. The smallest absolute Gasteiger partial charge is 0.313 e. The topological polar surface area (TPSA) is 78.7 Å². The maximum Gasteiger partial charge on any atom is 0.313 e. The van der Waals surface area contributed by atoms with E-state index in [2.05, 4.69) is 16.6 Å². The number of aliphatic carboxylic acids is 1. The first kappa shape index (κ1) is 16.3. The fraction of sp³-hybridized carbons (Fsp3) is 0.611. The molecule has 1 aliphatic carbocycles. The molecule has 0 aromatic carbocycles. The van der Waals surface area contributed by atoms with Crippen molar-refractivity contribution < 1.29 is 14.7 Å². The number of rotatable bonds is 6. The molecule has 2 saturated heterocycles. The van der Waals surface area contributed by atoms with E-state index in [0.717, 1.165) is 0 Å². The Labute approximate surface area is 146 Å². The van der Waals surface area contributed by atoms with Gasteiger partial charge in [0.05, 0.1) is 12.1 Å². The Morgan fingerprint density at radius 3 is 2.84 bits per heavy atom. The van der Waals surface area contributed by atoms with Crippen LogP contribution in [0.15, 0.2) is 18.9 Å². The average molecular weight is 344 g/mol. The number of carboxylic acids is 1. The van der Waals surface area contributed by atoms with Crippen molar-refractivity contribution in [3.8, 4) is 0 Å². The van der Waals surface area contributed by atoms with Crippen LogP contribution in [0.2, 0.25) is 0 Å². The lowest BCUT2D eigenvalue weighted by Crippen LogP contribution is -2.40. The number of aryl methyl sites for hydroxylation is 1. The summed E-state index contributed by atoms with van der Waals surface area (Å²) < 4.78 is 1.94. The normalized spacial score (nSPS) is 29.2. The first-order valence-corrected chi connectivity index (χ1v) is 8.82. The van der Waals surface area contributed by atoms with Gasteiger partial charge in [0.2, 0.25) is 5.91 Å². The van der Waals surface area contributed by atoms with E-state index in [0.29, 0.717) is 32.1 Å². The van der Waals surface area contributed by atoms with Gasteiger partial charge < -0.3 is 10.0 Å². The van der Waals surface area contributed by atoms with E-state index in [9.17, 15) is 14.7 Å². The molecule has 4 rings (SSSR count). The van der Waals surface area contributed by atoms with Crippen LogP contribution in [0.3, 0.4) is 0 Å². The molecule has 134 valence electrons. The third-order valence-electron chi connectivity index (χ3n) is 5.89. The second kappa shape index (κ2) is 5.69. The first-order valence-electron chi connectivity index (χ1n) is 8.82. The van der Waals surface area contributed by atoms with Gasteiger partial charge in [0.1, 0.15) is 5.41 Å². The summed E-state index contributed by atoms with van der Waals surface area (Å²) in [5.41, 5.74) is 1.43. The molecule has 1 aromatic heterocycles. The van der Waals surface area contributed by atoms with Crippen molar-refractivity contribution in [2.75, 3.05) is 26.2 Å².